The number of ether oxygens (including phenoxy) is 5. The van der Waals surface area contributed by atoms with E-state index in [1.807, 2.05) is 31.5 Å². The molecule has 0 radical (unpaired) electrons. The Morgan fingerprint density at radius 1 is 0.863 bits per heavy atom. The molecule has 7 amide bonds. The fourth-order valence-electron chi connectivity index (χ4n) is 10.4. The van der Waals surface area contributed by atoms with Crippen molar-refractivity contribution in [1.29, 1.82) is 0 Å². The van der Waals surface area contributed by atoms with Crippen molar-refractivity contribution in [1.82, 2.24) is 30.7 Å². The number of hydrogen-bond donors (Lipinski definition) is 7. The maximum atomic E-state index is 14.4. The highest BCUT2D eigenvalue weighted by Gasteiger charge is 2.58. The SMILES string of the molecule is COc1cc2c(cc1OCCCOc1cc3c(cc1OC)C(=O)N1CC4(CC4)C[C@H]1C(O)N3C(=O)OCc1ccc(NC(=O)[C@H](C)NC(=O)[C@@H](NC(=O)CNC(=O)CN)C(C)C)cc1)NCC1CC(c3ccc(C)nc3)=CN1C2=O. The first-order chi connectivity index (χ1) is 38.4. The van der Waals surface area contributed by atoms with Crippen LogP contribution in [-0.2, 0) is 30.5 Å². The third kappa shape index (κ3) is 12.2. The zero-order valence-electron chi connectivity index (χ0n) is 45.6. The second-order valence-corrected chi connectivity index (χ2v) is 21.1. The molecule has 80 heavy (non-hydrogen) atoms. The number of nitrogens with one attached hydrogen (secondary N) is 5. The number of aromatic nitrogens is 1. The molecular formula is C57H68N10O13. The standard InChI is InChI=1S/C57H68N10O13/c1-31(2)50(64-49(69)27-61-48(68)24-58)52(71)62-33(4)51(70)63-37-12-9-34(10-13-37)29-80-56(75)67-42-22-47(45(77-6)20-40(42)54(73)66-30-57(14-15-57)23-43(66)55(67)74)79-17-7-16-78-46-21-41-39(19-44(46)76-5)53(72)65-28-36(18-38(65)26-60-41)35-11-8-32(3)59-25-35/h8-13,19-22,25,28,31,33,38,43,50,55,60,74H,7,14-18,23-24,26-27,29-30,58H2,1-6H3,(H,61,68)(H,62,71)(H,63,70)(H,64,69)/t33-,38?,43-,50-,55?/m0/s1. The number of nitrogens with zero attached hydrogens (tertiary/aromatic N) is 4. The molecule has 8 N–H and O–H groups in total. The Bertz CT molecular complexity index is 3070. The molecule has 2 unspecified atom stereocenters. The van der Waals surface area contributed by atoms with Gasteiger partial charge < -0.3 is 70.9 Å². The van der Waals surface area contributed by atoms with Gasteiger partial charge in [0.05, 0.1) is 75.1 Å². The smallest absolute Gasteiger partial charge is 0.416 e. The zero-order chi connectivity index (χ0) is 57.0. The van der Waals surface area contributed by atoms with Crippen LogP contribution < -0.4 is 56.2 Å². The van der Waals surface area contributed by atoms with Crippen LogP contribution in [0.25, 0.3) is 5.57 Å². The summed E-state index contributed by atoms with van der Waals surface area (Å²) >= 11 is 0. The van der Waals surface area contributed by atoms with E-state index < -0.39 is 54.1 Å². The monoisotopic (exact) mass is 1100 g/mol. The largest absolute Gasteiger partial charge is 0.493 e. The number of amides is 7. The van der Waals surface area contributed by atoms with E-state index in [4.69, 9.17) is 29.4 Å². The number of carbonyl (C=O) groups excluding carboxylic acids is 7. The predicted octanol–water partition coefficient (Wildman–Crippen LogP) is 4.07. The third-order valence-electron chi connectivity index (χ3n) is 15.1. The van der Waals surface area contributed by atoms with Crippen LogP contribution in [-0.4, -0.2) is 145 Å². The van der Waals surface area contributed by atoms with E-state index in [2.05, 4.69) is 31.6 Å². The molecule has 23 heteroatoms. The quantitative estimate of drug-likeness (QED) is 0.0614. The Morgan fingerprint density at radius 3 is 2.21 bits per heavy atom. The molecule has 5 atom stereocenters. The van der Waals surface area contributed by atoms with Crippen molar-refractivity contribution >= 4 is 64.2 Å². The summed E-state index contributed by atoms with van der Waals surface area (Å²) in [6.45, 7) is 7.21. The number of fused-ring (bicyclic) bond motifs is 4. The number of anilines is 3. The lowest BCUT2D eigenvalue weighted by atomic mass is 10.0. The second-order valence-electron chi connectivity index (χ2n) is 21.1. The van der Waals surface area contributed by atoms with Crippen molar-refractivity contribution in [2.75, 3.05) is 69.1 Å². The molecule has 4 aromatic rings. The van der Waals surface area contributed by atoms with Gasteiger partial charge in [-0.2, -0.15) is 0 Å². The average molecular weight is 1100 g/mol. The highest BCUT2D eigenvalue weighted by molar-refractivity contribution is 6.06. The molecule has 424 valence electrons. The molecule has 4 aliphatic heterocycles. The summed E-state index contributed by atoms with van der Waals surface area (Å²) in [7, 11) is 2.96. The van der Waals surface area contributed by atoms with Crippen molar-refractivity contribution in [2.45, 2.75) is 96.8 Å². The first kappa shape index (κ1) is 56.3. The van der Waals surface area contributed by atoms with Gasteiger partial charge in [-0.1, -0.05) is 32.0 Å². The molecule has 1 saturated carbocycles. The Hall–Kier alpha value is -8.44. The van der Waals surface area contributed by atoms with Crippen LogP contribution in [0.3, 0.4) is 0 Å². The highest BCUT2D eigenvalue weighted by Crippen LogP contribution is 2.57. The molecule has 3 aromatic carbocycles. The van der Waals surface area contributed by atoms with Crippen molar-refractivity contribution in [3.05, 3.63) is 101 Å². The molecule has 1 aromatic heterocycles. The normalized spacial score (nSPS) is 19.1. The topological polar surface area (TPSA) is 295 Å². The molecule has 23 nitrogen and oxygen atoms in total. The number of benzene rings is 3. The van der Waals surface area contributed by atoms with Crippen molar-refractivity contribution in [3.8, 4) is 23.0 Å². The van der Waals surface area contributed by atoms with E-state index in [0.29, 0.717) is 66.4 Å². The van der Waals surface area contributed by atoms with Crippen LogP contribution in [0.15, 0.2) is 73.1 Å². The van der Waals surface area contributed by atoms with Crippen LogP contribution in [0.1, 0.15) is 90.4 Å². The summed E-state index contributed by atoms with van der Waals surface area (Å²) in [6, 6.07) is 14.1. The van der Waals surface area contributed by atoms with Gasteiger partial charge in [-0.05, 0) is 97.9 Å². The summed E-state index contributed by atoms with van der Waals surface area (Å²) in [5.74, 6) is -1.88. The highest BCUT2D eigenvalue weighted by atomic mass is 16.6. The summed E-state index contributed by atoms with van der Waals surface area (Å²) < 4.78 is 29.7. The molecule has 2 fully saturated rings. The summed E-state index contributed by atoms with van der Waals surface area (Å²) in [4.78, 5) is 102. The van der Waals surface area contributed by atoms with E-state index in [0.717, 1.165) is 34.6 Å². The molecular weight excluding hydrogens is 1030 g/mol. The first-order valence-corrected chi connectivity index (χ1v) is 26.7. The lowest BCUT2D eigenvalue weighted by Crippen LogP contribution is -2.55. The number of methoxy groups -OCH3 is 2. The zero-order valence-corrected chi connectivity index (χ0v) is 45.6. The third-order valence-corrected chi connectivity index (χ3v) is 15.1. The minimum Gasteiger partial charge on any atom is -0.493 e. The molecule has 9 rings (SSSR count). The van der Waals surface area contributed by atoms with Gasteiger partial charge in [-0.15, -0.1) is 0 Å². The van der Waals surface area contributed by atoms with Crippen LogP contribution in [0.5, 0.6) is 23.0 Å². The fraction of sp³-hybridized carbons (Fsp3) is 0.439. The van der Waals surface area contributed by atoms with E-state index in [-0.39, 0.29) is 84.8 Å². The maximum absolute atomic E-state index is 14.4. The van der Waals surface area contributed by atoms with Gasteiger partial charge in [0.1, 0.15) is 18.7 Å². The van der Waals surface area contributed by atoms with Crippen LogP contribution >= 0.6 is 0 Å². The van der Waals surface area contributed by atoms with Gasteiger partial charge in [0, 0.05) is 55.4 Å². The summed E-state index contributed by atoms with van der Waals surface area (Å²) in [5, 5.41) is 25.8. The maximum Gasteiger partial charge on any atom is 0.416 e. The number of aryl methyl sites for hydroxylation is 1. The lowest BCUT2D eigenvalue weighted by Gasteiger charge is -2.31. The molecule has 1 aliphatic carbocycles. The Kier molecular flexibility index (Phi) is 16.8. The number of carbonyl (C=O) groups is 7. The van der Waals surface area contributed by atoms with Crippen molar-refractivity contribution < 1.29 is 62.4 Å². The van der Waals surface area contributed by atoms with Crippen LogP contribution in [0.4, 0.5) is 21.9 Å². The second kappa shape index (κ2) is 23.9. The minimum atomic E-state index is -1.47. The van der Waals surface area contributed by atoms with E-state index >= 15 is 0 Å². The number of pyridine rings is 1. The predicted molar refractivity (Wildman–Crippen MR) is 293 cm³/mol. The van der Waals surface area contributed by atoms with Crippen molar-refractivity contribution in [2.24, 2.45) is 17.1 Å². The van der Waals surface area contributed by atoms with Gasteiger partial charge in [-0.3, -0.25) is 33.8 Å². The summed E-state index contributed by atoms with van der Waals surface area (Å²) in [6.07, 6.45) is 4.70. The van der Waals surface area contributed by atoms with Gasteiger partial charge >= 0.3 is 6.09 Å². The Balaban J connectivity index is 0.830. The molecule has 1 saturated heterocycles. The number of rotatable bonds is 20. The number of hydrogen-bond acceptors (Lipinski definition) is 16. The van der Waals surface area contributed by atoms with Gasteiger partial charge in [-0.25, -0.2) is 9.69 Å². The molecule has 5 aliphatic rings. The first-order valence-electron chi connectivity index (χ1n) is 26.7. The lowest BCUT2D eigenvalue weighted by molar-refractivity contribution is -0.132. The molecule has 5 heterocycles. The van der Waals surface area contributed by atoms with Crippen molar-refractivity contribution in [3.63, 3.8) is 0 Å². The van der Waals surface area contributed by atoms with E-state index in [1.165, 1.54) is 33.3 Å². The van der Waals surface area contributed by atoms with Gasteiger partial charge in [0.25, 0.3) is 11.8 Å². The molecule has 0 bridgehead atoms. The van der Waals surface area contributed by atoms with Gasteiger partial charge in [0.2, 0.25) is 23.6 Å². The Labute approximate surface area is 462 Å². The number of nitrogens with two attached hydrogens (primary N) is 1. The minimum absolute atomic E-state index is 0.0762. The number of aliphatic hydroxyl groups is 1. The average Bonchev–Trinajstić information content (AvgIpc) is 4.19. The van der Waals surface area contributed by atoms with E-state index in [1.54, 1.807) is 60.0 Å². The number of aliphatic hydroxyl groups excluding tert-OH is 1. The van der Waals surface area contributed by atoms with Gasteiger partial charge in [0.15, 0.2) is 29.2 Å². The fourth-order valence-corrected chi connectivity index (χ4v) is 10.4. The summed E-state index contributed by atoms with van der Waals surface area (Å²) in [5.41, 5.74) is 10.3. The van der Waals surface area contributed by atoms with Crippen LogP contribution in [0.2, 0.25) is 0 Å². The molecule has 1 spiro atoms. The Morgan fingerprint density at radius 2 is 1.56 bits per heavy atom. The van der Waals surface area contributed by atoms with Crippen LogP contribution in [0, 0.1) is 18.3 Å². The van der Waals surface area contributed by atoms with E-state index in [9.17, 15) is 38.7 Å².